The molecule has 98 valence electrons. The summed E-state index contributed by atoms with van der Waals surface area (Å²) in [4.78, 5) is 8.60. The van der Waals surface area contributed by atoms with E-state index in [9.17, 15) is 0 Å². The number of rotatable bonds is 6. The molecule has 0 saturated heterocycles. The lowest BCUT2D eigenvalue weighted by atomic mass is 10.2. The predicted molar refractivity (Wildman–Crippen MR) is 74.6 cm³/mol. The highest BCUT2D eigenvalue weighted by atomic mass is 32.1. The minimum absolute atomic E-state index is 0.334. The van der Waals surface area contributed by atoms with Gasteiger partial charge in [-0.05, 0) is 20.3 Å². The molecule has 4 nitrogen and oxygen atoms in total. The first kappa shape index (κ1) is 13.2. The summed E-state index contributed by atoms with van der Waals surface area (Å²) in [5.41, 5.74) is 1.22. The summed E-state index contributed by atoms with van der Waals surface area (Å²) in [6.45, 7) is 7.35. The van der Waals surface area contributed by atoms with Crippen LogP contribution in [-0.4, -0.2) is 14.5 Å². The second-order valence-electron chi connectivity index (χ2n) is 4.60. The molecule has 1 unspecified atom stereocenters. The first-order valence-corrected chi connectivity index (χ1v) is 7.23. The lowest BCUT2D eigenvalue weighted by Gasteiger charge is -2.16. The minimum Gasteiger partial charge on any atom is -0.331 e. The Morgan fingerprint density at radius 1 is 1.44 bits per heavy atom. The lowest BCUT2D eigenvalue weighted by molar-refractivity contribution is 0.487. The SMILES string of the molecule is CCC(NCc1cncn1C(C)C)c1nccs1. The summed E-state index contributed by atoms with van der Waals surface area (Å²) in [5.74, 6) is 0. The van der Waals surface area contributed by atoms with Crippen LogP contribution in [0.25, 0.3) is 0 Å². The Balaban J connectivity index is 2.00. The molecule has 2 rings (SSSR count). The van der Waals surface area contributed by atoms with Crippen LogP contribution in [0.5, 0.6) is 0 Å². The second-order valence-corrected chi connectivity index (χ2v) is 5.52. The van der Waals surface area contributed by atoms with Crippen molar-refractivity contribution in [2.75, 3.05) is 0 Å². The smallest absolute Gasteiger partial charge is 0.109 e. The van der Waals surface area contributed by atoms with Crippen LogP contribution in [0.4, 0.5) is 0 Å². The summed E-state index contributed by atoms with van der Waals surface area (Å²) in [5, 5.41) is 6.74. The Morgan fingerprint density at radius 3 is 2.89 bits per heavy atom. The van der Waals surface area contributed by atoms with Gasteiger partial charge in [-0.25, -0.2) is 9.97 Å². The summed E-state index contributed by atoms with van der Waals surface area (Å²) in [6.07, 6.45) is 6.74. The van der Waals surface area contributed by atoms with E-state index in [1.807, 2.05) is 24.1 Å². The monoisotopic (exact) mass is 264 g/mol. The van der Waals surface area contributed by atoms with Gasteiger partial charge in [0.1, 0.15) is 5.01 Å². The first-order valence-electron chi connectivity index (χ1n) is 6.35. The Bertz CT molecular complexity index is 461. The molecule has 1 N–H and O–H groups in total. The largest absolute Gasteiger partial charge is 0.331 e. The molecule has 5 heteroatoms. The van der Waals surface area contributed by atoms with Gasteiger partial charge in [0.25, 0.3) is 0 Å². The third-order valence-electron chi connectivity index (χ3n) is 2.99. The summed E-state index contributed by atoms with van der Waals surface area (Å²) < 4.78 is 2.20. The molecule has 0 spiro atoms. The van der Waals surface area contributed by atoms with E-state index in [-0.39, 0.29) is 0 Å². The van der Waals surface area contributed by atoms with Gasteiger partial charge in [0, 0.05) is 30.4 Å². The van der Waals surface area contributed by atoms with Crippen molar-refractivity contribution in [3.8, 4) is 0 Å². The van der Waals surface area contributed by atoms with Crippen LogP contribution in [0.15, 0.2) is 24.1 Å². The second kappa shape index (κ2) is 6.11. The fourth-order valence-electron chi connectivity index (χ4n) is 1.97. The van der Waals surface area contributed by atoms with Crippen molar-refractivity contribution in [2.45, 2.75) is 45.8 Å². The van der Waals surface area contributed by atoms with Crippen LogP contribution >= 0.6 is 11.3 Å². The third-order valence-corrected chi connectivity index (χ3v) is 3.88. The Kier molecular flexibility index (Phi) is 4.49. The average Bonchev–Trinajstić information content (AvgIpc) is 2.99. The molecule has 2 aromatic heterocycles. The summed E-state index contributed by atoms with van der Waals surface area (Å²) >= 11 is 1.71. The van der Waals surface area contributed by atoms with E-state index in [4.69, 9.17) is 0 Å². The molecule has 0 amide bonds. The van der Waals surface area contributed by atoms with Crippen molar-refractivity contribution in [3.63, 3.8) is 0 Å². The van der Waals surface area contributed by atoms with Crippen LogP contribution in [-0.2, 0) is 6.54 Å². The molecule has 2 aromatic rings. The van der Waals surface area contributed by atoms with Crippen LogP contribution in [0.2, 0.25) is 0 Å². The average molecular weight is 264 g/mol. The van der Waals surface area contributed by atoms with E-state index in [2.05, 4.69) is 40.6 Å². The molecule has 0 aliphatic carbocycles. The van der Waals surface area contributed by atoms with Gasteiger partial charge < -0.3 is 9.88 Å². The number of aromatic nitrogens is 3. The highest BCUT2D eigenvalue weighted by Gasteiger charge is 2.12. The molecule has 0 fully saturated rings. The van der Waals surface area contributed by atoms with E-state index in [1.54, 1.807) is 11.3 Å². The van der Waals surface area contributed by atoms with Crippen molar-refractivity contribution in [2.24, 2.45) is 0 Å². The maximum atomic E-state index is 4.38. The number of nitrogens with zero attached hydrogens (tertiary/aromatic N) is 3. The topological polar surface area (TPSA) is 42.7 Å². The van der Waals surface area contributed by atoms with Crippen molar-refractivity contribution >= 4 is 11.3 Å². The third kappa shape index (κ3) is 2.97. The predicted octanol–water partition coefficient (Wildman–Crippen LogP) is 3.16. The number of thiazole rings is 1. The number of hydrogen-bond acceptors (Lipinski definition) is 4. The van der Waals surface area contributed by atoms with Gasteiger partial charge in [-0.15, -0.1) is 11.3 Å². The van der Waals surface area contributed by atoms with Crippen molar-refractivity contribution in [3.05, 3.63) is 34.8 Å². The Hall–Kier alpha value is -1.20. The molecule has 1 atom stereocenters. The molecule has 0 radical (unpaired) electrons. The van der Waals surface area contributed by atoms with Crippen LogP contribution in [0, 0.1) is 0 Å². The number of hydrogen-bond donors (Lipinski definition) is 1. The van der Waals surface area contributed by atoms with Gasteiger partial charge in [0.15, 0.2) is 0 Å². The lowest BCUT2D eigenvalue weighted by Crippen LogP contribution is -2.22. The molecule has 0 saturated carbocycles. The van der Waals surface area contributed by atoms with E-state index >= 15 is 0 Å². The molecule has 0 aliphatic rings. The minimum atomic E-state index is 0.334. The van der Waals surface area contributed by atoms with Gasteiger partial charge in [0.2, 0.25) is 0 Å². The zero-order valence-corrected chi connectivity index (χ0v) is 11.9. The Labute approximate surface area is 112 Å². The quantitative estimate of drug-likeness (QED) is 0.871. The highest BCUT2D eigenvalue weighted by Crippen LogP contribution is 2.19. The normalized spacial score (nSPS) is 13.1. The molecular formula is C13H20N4S. The van der Waals surface area contributed by atoms with Crippen LogP contribution in [0.1, 0.15) is 50.0 Å². The molecule has 0 aromatic carbocycles. The maximum absolute atomic E-state index is 4.38. The maximum Gasteiger partial charge on any atom is 0.109 e. The zero-order chi connectivity index (χ0) is 13.0. The number of imidazole rings is 1. The van der Waals surface area contributed by atoms with Gasteiger partial charge in [-0.2, -0.15) is 0 Å². The van der Waals surface area contributed by atoms with Crippen molar-refractivity contribution in [1.82, 2.24) is 19.9 Å². The van der Waals surface area contributed by atoms with Gasteiger partial charge in [-0.3, -0.25) is 0 Å². The van der Waals surface area contributed by atoms with Crippen LogP contribution in [0.3, 0.4) is 0 Å². The van der Waals surface area contributed by atoms with Gasteiger partial charge in [-0.1, -0.05) is 6.92 Å². The molecular weight excluding hydrogens is 244 g/mol. The van der Waals surface area contributed by atoms with E-state index < -0.39 is 0 Å². The fraction of sp³-hybridized carbons (Fsp3) is 0.538. The Morgan fingerprint density at radius 2 is 2.28 bits per heavy atom. The molecule has 2 heterocycles. The summed E-state index contributed by atoms with van der Waals surface area (Å²) in [7, 11) is 0. The standard InChI is InChI=1S/C13H20N4S/c1-4-12(13-15-5-6-18-13)16-8-11-7-14-9-17(11)10(2)3/h5-7,9-10,12,16H,4,8H2,1-3H3. The zero-order valence-electron chi connectivity index (χ0n) is 11.1. The first-order chi connectivity index (χ1) is 8.72. The van der Waals surface area contributed by atoms with Crippen LogP contribution < -0.4 is 5.32 Å². The summed E-state index contributed by atoms with van der Waals surface area (Å²) in [6, 6.07) is 0.782. The fourth-order valence-corrected chi connectivity index (χ4v) is 2.77. The van der Waals surface area contributed by atoms with E-state index in [1.165, 1.54) is 5.69 Å². The van der Waals surface area contributed by atoms with Gasteiger partial charge in [0.05, 0.1) is 18.1 Å². The molecule has 0 aliphatic heterocycles. The van der Waals surface area contributed by atoms with Crippen molar-refractivity contribution < 1.29 is 0 Å². The number of nitrogens with one attached hydrogen (secondary N) is 1. The molecule has 18 heavy (non-hydrogen) atoms. The molecule has 0 bridgehead atoms. The van der Waals surface area contributed by atoms with Crippen molar-refractivity contribution in [1.29, 1.82) is 0 Å². The van der Waals surface area contributed by atoms with E-state index in [0.717, 1.165) is 18.0 Å². The van der Waals surface area contributed by atoms with E-state index in [0.29, 0.717) is 12.1 Å². The highest BCUT2D eigenvalue weighted by molar-refractivity contribution is 7.09. The van der Waals surface area contributed by atoms with Gasteiger partial charge >= 0.3 is 0 Å².